The highest BCUT2D eigenvalue weighted by Gasteiger charge is 2.15. The third-order valence-electron chi connectivity index (χ3n) is 5.24. The quantitative estimate of drug-likeness (QED) is 0.478. The highest BCUT2D eigenvalue weighted by molar-refractivity contribution is 5.76. The highest BCUT2D eigenvalue weighted by Crippen LogP contribution is 2.28. The van der Waals surface area contributed by atoms with Gasteiger partial charge in [0.15, 0.2) is 5.82 Å². The standard InChI is InChI=1S/C22H26N8/c1-4-13-30-19(24-21(27-30)15(3)5-2)14-16-8-10-17(11-9-16)20-18(7-6-12-23-20)22-25-28-29-26-22/h6-12,15H,4-5,13-14H2,1-3H3,(H,25,26,28,29). The van der Waals surface area contributed by atoms with Gasteiger partial charge in [0.1, 0.15) is 5.82 Å². The number of nitrogens with one attached hydrogen (secondary N) is 1. The lowest BCUT2D eigenvalue weighted by atomic mass is 10.0. The number of benzene rings is 1. The number of aryl methyl sites for hydroxylation is 1. The van der Waals surface area contributed by atoms with Gasteiger partial charge in [-0.25, -0.2) is 9.67 Å². The Balaban J connectivity index is 1.59. The smallest absolute Gasteiger partial charge is 0.206 e. The Bertz CT molecular complexity index is 1080. The van der Waals surface area contributed by atoms with Crippen LogP contribution in [0.25, 0.3) is 22.6 Å². The Morgan fingerprint density at radius 3 is 2.63 bits per heavy atom. The molecule has 1 unspecified atom stereocenters. The molecule has 4 aromatic rings. The largest absolute Gasteiger partial charge is 0.255 e. The zero-order chi connectivity index (χ0) is 20.9. The SMILES string of the molecule is CCCn1nc(C(C)CC)nc1Cc1ccc(-c2ncccc2-c2nn[nH]n2)cc1. The van der Waals surface area contributed by atoms with E-state index in [-0.39, 0.29) is 0 Å². The molecular weight excluding hydrogens is 376 g/mol. The predicted molar refractivity (Wildman–Crippen MR) is 115 cm³/mol. The van der Waals surface area contributed by atoms with Crippen molar-refractivity contribution in [2.24, 2.45) is 0 Å². The van der Waals surface area contributed by atoms with Gasteiger partial charge in [-0.15, -0.1) is 10.2 Å². The lowest BCUT2D eigenvalue weighted by Crippen LogP contribution is -2.06. The number of hydrogen-bond donors (Lipinski definition) is 1. The molecular formula is C22H26N8. The number of rotatable bonds is 8. The number of aromatic amines is 1. The van der Waals surface area contributed by atoms with E-state index in [1.807, 2.05) is 12.1 Å². The van der Waals surface area contributed by atoms with Crippen LogP contribution >= 0.6 is 0 Å². The molecule has 3 aromatic heterocycles. The predicted octanol–water partition coefficient (Wildman–Crippen LogP) is 4.03. The maximum Gasteiger partial charge on any atom is 0.206 e. The summed E-state index contributed by atoms with van der Waals surface area (Å²) in [6.45, 7) is 7.40. The van der Waals surface area contributed by atoms with Crippen LogP contribution in [0.4, 0.5) is 0 Å². The Hall–Kier alpha value is -3.42. The van der Waals surface area contributed by atoms with Crippen LogP contribution in [0.2, 0.25) is 0 Å². The van der Waals surface area contributed by atoms with Gasteiger partial charge >= 0.3 is 0 Å². The van der Waals surface area contributed by atoms with Gasteiger partial charge in [0.2, 0.25) is 5.82 Å². The van der Waals surface area contributed by atoms with E-state index in [0.29, 0.717) is 11.7 Å². The molecule has 0 saturated carbocycles. The van der Waals surface area contributed by atoms with Crippen LogP contribution < -0.4 is 0 Å². The summed E-state index contributed by atoms with van der Waals surface area (Å²) in [5, 5.41) is 19.1. The summed E-state index contributed by atoms with van der Waals surface area (Å²) in [6, 6.07) is 12.2. The van der Waals surface area contributed by atoms with E-state index in [0.717, 1.165) is 54.3 Å². The Labute approximate surface area is 175 Å². The summed E-state index contributed by atoms with van der Waals surface area (Å²) in [6.07, 6.45) is 4.60. The van der Waals surface area contributed by atoms with Gasteiger partial charge in [0, 0.05) is 36.2 Å². The number of aromatic nitrogens is 8. The average molecular weight is 403 g/mol. The second-order valence-corrected chi connectivity index (χ2v) is 7.43. The number of H-pyrrole nitrogens is 1. The van der Waals surface area contributed by atoms with E-state index in [1.54, 1.807) is 6.20 Å². The summed E-state index contributed by atoms with van der Waals surface area (Å²) in [5.41, 5.74) is 3.88. The monoisotopic (exact) mass is 402 g/mol. The van der Waals surface area contributed by atoms with E-state index in [4.69, 9.17) is 10.1 Å². The molecule has 30 heavy (non-hydrogen) atoms. The minimum absolute atomic E-state index is 0.372. The molecule has 0 radical (unpaired) electrons. The summed E-state index contributed by atoms with van der Waals surface area (Å²) in [4.78, 5) is 9.38. The topological polar surface area (TPSA) is 98.1 Å². The Morgan fingerprint density at radius 2 is 1.93 bits per heavy atom. The second-order valence-electron chi connectivity index (χ2n) is 7.43. The van der Waals surface area contributed by atoms with Crippen molar-refractivity contribution in [1.82, 2.24) is 40.4 Å². The van der Waals surface area contributed by atoms with E-state index < -0.39 is 0 Å². The van der Waals surface area contributed by atoms with Gasteiger partial charge in [-0.05, 0) is 35.8 Å². The van der Waals surface area contributed by atoms with Crippen molar-refractivity contribution in [3.63, 3.8) is 0 Å². The number of tetrazole rings is 1. The van der Waals surface area contributed by atoms with Crippen LogP contribution in [0.15, 0.2) is 42.6 Å². The molecule has 0 aliphatic rings. The molecule has 1 N–H and O–H groups in total. The molecule has 0 fully saturated rings. The number of pyridine rings is 1. The van der Waals surface area contributed by atoms with Gasteiger partial charge < -0.3 is 0 Å². The van der Waals surface area contributed by atoms with Crippen LogP contribution in [0, 0.1) is 0 Å². The first-order valence-electron chi connectivity index (χ1n) is 10.4. The zero-order valence-corrected chi connectivity index (χ0v) is 17.6. The minimum atomic E-state index is 0.372. The van der Waals surface area contributed by atoms with Crippen LogP contribution in [0.1, 0.15) is 56.7 Å². The summed E-state index contributed by atoms with van der Waals surface area (Å²) < 4.78 is 2.06. The normalized spacial score (nSPS) is 12.2. The molecule has 154 valence electrons. The van der Waals surface area contributed by atoms with Gasteiger partial charge in [-0.2, -0.15) is 10.3 Å². The second kappa shape index (κ2) is 8.94. The lowest BCUT2D eigenvalue weighted by molar-refractivity contribution is 0.562. The van der Waals surface area contributed by atoms with Crippen molar-refractivity contribution in [3.05, 3.63) is 59.8 Å². The van der Waals surface area contributed by atoms with Gasteiger partial charge in [-0.1, -0.05) is 45.0 Å². The summed E-state index contributed by atoms with van der Waals surface area (Å²) >= 11 is 0. The first kappa shape index (κ1) is 19.9. The average Bonchev–Trinajstić information content (AvgIpc) is 3.45. The van der Waals surface area contributed by atoms with Crippen molar-refractivity contribution in [3.8, 4) is 22.6 Å². The molecule has 1 aromatic carbocycles. The highest BCUT2D eigenvalue weighted by atomic mass is 15.5. The Morgan fingerprint density at radius 1 is 1.10 bits per heavy atom. The van der Waals surface area contributed by atoms with E-state index >= 15 is 0 Å². The molecule has 0 saturated heterocycles. The molecule has 0 aliphatic carbocycles. The van der Waals surface area contributed by atoms with Crippen LogP contribution in [0.5, 0.6) is 0 Å². The molecule has 3 heterocycles. The number of hydrogen-bond acceptors (Lipinski definition) is 6. The molecule has 0 aliphatic heterocycles. The fourth-order valence-electron chi connectivity index (χ4n) is 3.36. The molecule has 4 rings (SSSR count). The molecule has 8 heteroatoms. The van der Waals surface area contributed by atoms with Gasteiger partial charge in [-0.3, -0.25) is 4.98 Å². The van der Waals surface area contributed by atoms with Crippen molar-refractivity contribution < 1.29 is 0 Å². The zero-order valence-electron chi connectivity index (χ0n) is 17.6. The minimum Gasteiger partial charge on any atom is -0.255 e. The maximum absolute atomic E-state index is 4.84. The fraction of sp³-hybridized carbons (Fsp3) is 0.364. The van der Waals surface area contributed by atoms with E-state index in [1.165, 1.54) is 5.56 Å². The molecule has 1 atom stereocenters. The fourth-order valence-corrected chi connectivity index (χ4v) is 3.36. The van der Waals surface area contributed by atoms with Crippen LogP contribution in [0.3, 0.4) is 0 Å². The van der Waals surface area contributed by atoms with Gasteiger partial charge in [0.05, 0.1) is 5.69 Å². The van der Waals surface area contributed by atoms with Crippen molar-refractivity contribution in [1.29, 1.82) is 0 Å². The van der Waals surface area contributed by atoms with Crippen molar-refractivity contribution in [2.75, 3.05) is 0 Å². The molecule has 0 amide bonds. The third-order valence-corrected chi connectivity index (χ3v) is 5.24. The lowest BCUT2D eigenvalue weighted by Gasteiger charge is -2.08. The first-order valence-corrected chi connectivity index (χ1v) is 10.4. The molecule has 0 spiro atoms. The van der Waals surface area contributed by atoms with E-state index in [9.17, 15) is 0 Å². The number of nitrogens with zero attached hydrogens (tertiary/aromatic N) is 7. The van der Waals surface area contributed by atoms with Crippen molar-refractivity contribution in [2.45, 2.75) is 52.5 Å². The first-order chi connectivity index (χ1) is 14.7. The molecule has 8 nitrogen and oxygen atoms in total. The summed E-state index contributed by atoms with van der Waals surface area (Å²) in [5.74, 6) is 2.87. The van der Waals surface area contributed by atoms with Crippen molar-refractivity contribution >= 4 is 0 Å². The summed E-state index contributed by atoms with van der Waals surface area (Å²) in [7, 11) is 0. The van der Waals surface area contributed by atoms with E-state index in [2.05, 4.69) is 75.3 Å². The maximum atomic E-state index is 4.84. The van der Waals surface area contributed by atoms with Crippen LogP contribution in [-0.2, 0) is 13.0 Å². The third kappa shape index (κ3) is 4.12. The van der Waals surface area contributed by atoms with Crippen LogP contribution in [-0.4, -0.2) is 40.4 Å². The molecule has 0 bridgehead atoms. The van der Waals surface area contributed by atoms with Gasteiger partial charge in [0.25, 0.3) is 0 Å². The Kier molecular flexibility index (Phi) is 5.92.